The zero-order valence-corrected chi connectivity index (χ0v) is 7.09. The molecule has 84 valence electrons. The van der Waals surface area contributed by atoms with Crippen molar-refractivity contribution in [2.45, 2.75) is 12.4 Å². The molecule has 0 nitrogen and oxygen atoms in total. The summed E-state index contributed by atoms with van der Waals surface area (Å²) in [6, 6.07) is 0. The molecule has 0 aromatic heterocycles. The molecule has 0 bridgehead atoms. The van der Waals surface area contributed by atoms with Crippen LogP contribution in [0.25, 0.3) is 0 Å². The number of hydrogen-bond donors (Lipinski definition) is 0. The third-order valence-electron chi connectivity index (χ3n) is 0.504. The molecular formula is C6H4ClF7. The summed E-state index contributed by atoms with van der Waals surface area (Å²) in [4.78, 5) is 0. The summed E-state index contributed by atoms with van der Waals surface area (Å²) in [5, 5.41) is 0. The normalized spacial score (nSPS) is 13.1. The summed E-state index contributed by atoms with van der Waals surface area (Å²) < 4.78 is 75.4. The van der Waals surface area contributed by atoms with Crippen LogP contribution < -0.4 is 0 Å². The van der Waals surface area contributed by atoms with E-state index in [2.05, 4.69) is 11.6 Å². The van der Waals surface area contributed by atoms with Gasteiger partial charge >= 0.3 is 12.4 Å². The third kappa shape index (κ3) is 22.5. The highest BCUT2D eigenvalue weighted by molar-refractivity contribution is 6.25. The van der Waals surface area contributed by atoms with Gasteiger partial charge in [0, 0.05) is 17.7 Å². The van der Waals surface area contributed by atoms with Crippen LogP contribution in [0.3, 0.4) is 0 Å². The van der Waals surface area contributed by atoms with E-state index in [1.807, 2.05) is 0 Å². The van der Waals surface area contributed by atoms with Gasteiger partial charge in [-0.05, 0) is 0 Å². The fraction of sp³-hybridized carbons (Fsp3) is 0.333. The van der Waals surface area contributed by atoms with Gasteiger partial charge in [0.15, 0.2) is 0 Å². The van der Waals surface area contributed by atoms with Crippen molar-refractivity contribution in [1.29, 1.82) is 0 Å². The Kier molecular flexibility index (Phi) is 7.52. The maximum atomic E-state index is 10.9. The molecule has 0 radical (unpaired) electrons. The van der Waals surface area contributed by atoms with Gasteiger partial charge in [-0.25, -0.2) is 4.39 Å². The van der Waals surface area contributed by atoms with Crippen LogP contribution in [0.15, 0.2) is 24.0 Å². The molecule has 0 amide bonds. The molecule has 8 heteroatoms. The van der Waals surface area contributed by atoms with Gasteiger partial charge in [0.05, 0.1) is 6.33 Å². The lowest BCUT2D eigenvalue weighted by atomic mass is 10.6. The van der Waals surface area contributed by atoms with Crippen LogP contribution in [0.4, 0.5) is 30.7 Å². The maximum absolute atomic E-state index is 10.9. The van der Waals surface area contributed by atoms with E-state index < -0.39 is 24.8 Å². The molecule has 0 rings (SSSR count). The van der Waals surface area contributed by atoms with Gasteiger partial charge in [0.2, 0.25) is 0 Å². The highest BCUT2D eigenvalue weighted by Gasteiger charge is 2.21. The average molecular weight is 245 g/mol. The molecule has 0 aliphatic carbocycles. The fourth-order valence-corrected chi connectivity index (χ4v) is 0.286. The van der Waals surface area contributed by atoms with Crippen molar-refractivity contribution in [3.63, 3.8) is 0 Å². The molecule has 0 fully saturated rings. The molecule has 0 heterocycles. The first-order chi connectivity index (χ1) is 6.12. The van der Waals surface area contributed by atoms with Crippen molar-refractivity contribution in [3.05, 3.63) is 24.0 Å². The number of rotatable bonds is 0. The van der Waals surface area contributed by atoms with Gasteiger partial charge in [0.1, 0.15) is 0 Å². The minimum Gasteiger partial charge on any atom is -0.216 e. The maximum Gasteiger partial charge on any atom is 0.411 e. The highest BCUT2D eigenvalue weighted by atomic mass is 35.5. The van der Waals surface area contributed by atoms with E-state index in [4.69, 9.17) is 0 Å². The average Bonchev–Trinajstić information content (AvgIpc) is 1.81. The van der Waals surface area contributed by atoms with Crippen molar-refractivity contribution in [3.8, 4) is 0 Å². The topological polar surface area (TPSA) is 0 Å². The van der Waals surface area contributed by atoms with Crippen LogP contribution >= 0.6 is 11.6 Å². The molecule has 0 atom stereocenters. The fourth-order valence-electron chi connectivity index (χ4n) is 0.143. The first-order valence-corrected chi connectivity index (χ1v) is 3.25. The van der Waals surface area contributed by atoms with E-state index in [-0.39, 0.29) is 6.08 Å². The summed E-state index contributed by atoms with van der Waals surface area (Å²) >= 11 is 4.59. The first-order valence-electron chi connectivity index (χ1n) is 2.81. The van der Waals surface area contributed by atoms with Gasteiger partial charge < -0.3 is 0 Å². The SMILES string of the molecule is F/C=C\C(F)(F)F.FC(F)(F)/C=C\Cl. The van der Waals surface area contributed by atoms with Crippen LogP contribution in [0, 0.1) is 0 Å². The molecule has 0 aromatic rings. The number of alkyl halides is 6. The summed E-state index contributed by atoms with van der Waals surface area (Å²) in [6.45, 7) is 0. The quantitative estimate of drug-likeness (QED) is 0.556. The largest absolute Gasteiger partial charge is 0.411 e. The predicted molar refractivity (Wildman–Crippen MR) is 37.4 cm³/mol. The lowest BCUT2D eigenvalue weighted by molar-refractivity contribution is -0.0812. The van der Waals surface area contributed by atoms with Crippen LogP contribution in [-0.2, 0) is 0 Å². The Morgan fingerprint density at radius 2 is 1.14 bits per heavy atom. The van der Waals surface area contributed by atoms with Gasteiger partial charge in [-0.1, -0.05) is 11.6 Å². The lowest BCUT2D eigenvalue weighted by Gasteiger charge is -1.92. The molecule has 0 aliphatic rings. The Morgan fingerprint density at radius 1 is 0.786 bits per heavy atom. The monoisotopic (exact) mass is 244 g/mol. The molecule has 0 N–H and O–H groups in total. The summed E-state index contributed by atoms with van der Waals surface area (Å²) in [5.41, 5.74) is 0.431. The van der Waals surface area contributed by atoms with Crippen LogP contribution in [0.2, 0.25) is 0 Å². The van der Waals surface area contributed by atoms with Crippen LogP contribution in [-0.4, -0.2) is 12.4 Å². The lowest BCUT2D eigenvalue weighted by Crippen LogP contribution is -1.99. The summed E-state index contributed by atoms with van der Waals surface area (Å²) in [7, 11) is 0. The Hall–Kier alpha value is -0.720. The summed E-state index contributed by atoms with van der Waals surface area (Å²) in [5.74, 6) is 0. The minimum atomic E-state index is -4.51. The molecule has 0 saturated heterocycles. The molecule has 0 unspecified atom stereocenters. The smallest absolute Gasteiger partial charge is 0.216 e. The van der Waals surface area contributed by atoms with Crippen molar-refractivity contribution in [2.75, 3.05) is 0 Å². The van der Waals surface area contributed by atoms with E-state index in [1.165, 1.54) is 0 Å². The Bertz CT molecular complexity index is 165. The van der Waals surface area contributed by atoms with Gasteiger partial charge in [-0.2, -0.15) is 26.3 Å². The molecule has 0 aromatic carbocycles. The zero-order valence-electron chi connectivity index (χ0n) is 6.33. The van der Waals surface area contributed by atoms with Crippen molar-refractivity contribution >= 4 is 11.6 Å². The molecule has 0 aliphatic heterocycles. The van der Waals surface area contributed by atoms with Crippen LogP contribution in [0.1, 0.15) is 0 Å². The Labute approximate surface area is 79.7 Å². The predicted octanol–water partition coefficient (Wildman–Crippen LogP) is 4.33. The molecule has 14 heavy (non-hydrogen) atoms. The number of allylic oxidation sites excluding steroid dienone is 2. The van der Waals surface area contributed by atoms with Gasteiger partial charge in [-0.3, -0.25) is 0 Å². The van der Waals surface area contributed by atoms with Gasteiger partial charge in [-0.15, -0.1) is 0 Å². The number of hydrogen-bond acceptors (Lipinski definition) is 0. The molecule has 0 saturated carbocycles. The number of halogens is 8. The highest BCUT2D eigenvalue weighted by Crippen LogP contribution is 2.16. The second kappa shape index (κ2) is 6.69. The second-order valence-electron chi connectivity index (χ2n) is 1.67. The minimum absolute atomic E-state index is 0.0471. The first kappa shape index (κ1) is 15.7. The molecular weight excluding hydrogens is 241 g/mol. The van der Waals surface area contributed by atoms with E-state index in [1.54, 1.807) is 0 Å². The Balaban J connectivity index is 0. The van der Waals surface area contributed by atoms with E-state index in [0.717, 1.165) is 0 Å². The van der Waals surface area contributed by atoms with E-state index in [9.17, 15) is 30.7 Å². The second-order valence-corrected chi connectivity index (χ2v) is 1.92. The third-order valence-corrected chi connectivity index (χ3v) is 0.630. The summed E-state index contributed by atoms with van der Waals surface area (Å²) in [6.07, 6.45) is -9.84. The van der Waals surface area contributed by atoms with Crippen molar-refractivity contribution < 1.29 is 30.7 Å². The van der Waals surface area contributed by atoms with Crippen molar-refractivity contribution in [1.82, 2.24) is 0 Å². The van der Waals surface area contributed by atoms with Crippen LogP contribution in [0.5, 0.6) is 0 Å². The van der Waals surface area contributed by atoms with Gasteiger partial charge in [0.25, 0.3) is 0 Å². The Morgan fingerprint density at radius 3 is 1.14 bits per heavy atom. The van der Waals surface area contributed by atoms with E-state index in [0.29, 0.717) is 5.54 Å². The van der Waals surface area contributed by atoms with Crippen molar-refractivity contribution in [2.24, 2.45) is 0 Å². The standard InChI is InChI=1S/C3H2ClF3.C3H2F4/c2*4-2-1-3(5,6)7/h2*1-2H/b2*2-1-. The van der Waals surface area contributed by atoms with E-state index >= 15 is 0 Å². The molecule has 0 spiro atoms. The zero-order chi connectivity index (χ0) is 11.8.